The molecule has 0 spiro atoms. The van der Waals surface area contributed by atoms with E-state index in [0.717, 1.165) is 23.2 Å². The van der Waals surface area contributed by atoms with Crippen molar-refractivity contribution >= 4 is 12.1 Å². The molecule has 0 N–H and O–H groups in total. The van der Waals surface area contributed by atoms with Crippen molar-refractivity contribution in [1.82, 2.24) is 0 Å². The predicted molar refractivity (Wildman–Crippen MR) is 100 cm³/mol. The van der Waals surface area contributed by atoms with E-state index in [1.807, 2.05) is 30.3 Å². The molecule has 0 atom stereocenters. The molecule has 130 valence electrons. The zero-order chi connectivity index (χ0) is 18.5. The molecule has 4 heteroatoms. The number of ketones is 1. The van der Waals surface area contributed by atoms with Crippen LogP contribution >= 0.6 is 0 Å². The first kappa shape index (κ1) is 17.4. The van der Waals surface area contributed by atoms with Crippen LogP contribution in [0.25, 0.3) is 11.1 Å². The first-order valence-electron chi connectivity index (χ1n) is 8.08. The highest BCUT2D eigenvalue weighted by atomic mass is 16.5. The van der Waals surface area contributed by atoms with E-state index in [-0.39, 0.29) is 5.78 Å². The van der Waals surface area contributed by atoms with Gasteiger partial charge in [0.15, 0.2) is 5.78 Å². The Kier molecular flexibility index (Phi) is 5.13. The summed E-state index contributed by atoms with van der Waals surface area (Å²) in [4.78, 5) is 23.8. The van der Waals surface area contributed by atoms with Crippen molar-refractivity contribution in [2.45, 2.75) is 0 Å². The molecule has 0 saturated carbocycles. The monoisotopic (exact) mass is 346 g/mol. The molecule has 0 aliphatic rings. The fourth-order valence-corrected chi connectivity index (χ4v) is 2.73. The Balaban J connectivity index is 2.07. The molecule has 0 aromatic heterocycles. The molecule has 3 aromatic rings. The van der Waals surface area contributed by atoms with Crippen LogP contribution in [-0.4, -0.2) is 26.3 Å². The molecule has 0 aliphatic heterocycles. The Hall–Kier alpha value is -3.40. The van der Waals surface area contributed by atoms with E-state index in [4.69, 9.17) is 9.47 Å². The number of rotatable bonds is 6. The van der Waals surface area contributed by atoms with Gasteiger partial charge >= 0.3 is 0 Å². The zero-order valence-electron chi connectivity index (χ0n) is 14.6. The lowest BCUT2D eigenvalue weighted by molar-refractivity contribution is 0.103. The molecule has 0 radical (unpaired) electrons. The van der Waals surface area contributed by atoms with Crippen LogP contribution in [0.15, 0.2) is 66.7 Å². The van der Waals surface area contributed by atoms with Crippen molar-refractivity contribution in [3.8, 4) is 22.6 Å². The molecule has 4 nitrogen and oxygen atoms in total. The van der Waals surface area contributed by atoms with Crippen LogP contribution in [0.4, 0.5) is 0 Å². The minimum absolute atomic E-state index is 0.115. The van der Waals surface area contributed by atoms with E-state index in [1.165, 1.54) is 0 Å². The molecule has 0 bridgehead atoms. The number of hydrogen-bond donors (Lipinski definition) is 0. The number of aldehydes is 1. The fraction of sp³-hybridized carbons (Fsp3) is 0.0909. The molecule has 0 saturated heterocycles. The standard InChI is InChI=1S/C22H18O4/c1-25-18-9-7-16(8-10-18)21-13-19(26-2)11-12-20(21)22(24)17-5-3-15(14-23)4-6-17/h3-14H,1-2H3. The molecule has 26 heavy (non-hydrogen) atoms. The molecule has 3 aromatic carbocycles. The van der Waals surface area contributed by atoms with E-state index < -0.39 is 0 Å². The molecular weight excluding hydrogens is 328 g/mol. The number of benzene rings is 3. The summed E-state index contributed by atoms with van der Waals surface area (Å²) < 4.78 is 10.5. The second-order valence-corrected chi connectivity index (χ2v) is 5.71. The third-order valence-electron chi connectivity index (χ3n) is 4.18. The predicted octanol–water partition coefficient (Wildman–Crippen LogP) is 4.41. The highest BCUT2D eigenvalue weighted by Gasteiger charge is 2.16. The summed E-state index contributed by atoms with van der Waals surface area (Å²) in [5.74, 6) is 1.30. The fourth-order valence-electron chi connectivity index (χ4n) is 2.73. The summed E-state index contributed by atoms with van der Waals surface area (Å²) in [5, 5.41) is 0. The lowest BCUT2D eigenvalue weighted by atomic mass is 9.93. The number of ether oxygens (including phenoxy) is 2. The summed E-state index contributed by atoms with van der Waals surface area (Å²) in [5.41, 5.74) is 3.28. The summed E-state index contributed by atoms with van der Waals surface area (Å²) in [7, 11) is 3.20. The number of carbonyl (C=O) groups is 2. The third kappa shape index (κ3) is 3.49. The number of carbonyl (C=O) groups excluding carboxylic acids is 2. The minimum Gasteiger partial charge on any atom is -0.497 e. The van der Waals surface area contributed by atoms with Crippen molar-refractivity contribution in [3.63, 3.8) is 0 Å². The van der Waals surface area contributed by atoms with Gasteiger partial charge in [0.2, 0.25) is 0 Å². The molecule has 0 heterocycles. The molecule has 0 amide bonds. The van der Waals surface area contributed by atoms with Gasteiger partial charge in [0, 0.05) is 16.7 Å². The van der Waals surface area contributed by atoms with Gasteiger partial charge in [-0.25, -0.2) is 0 Å². The Morgan fingerprint density at radius 3 is 2.00 bits per heavy atom. The van der Waals surface area contributed by atoms with Gasteiger partial charge in [-0.1, -0.05) is 36.4 Å². The van der Waals surface area contributed by atoms with Gasteiger partial charge < -0.3 is 9.47 Å². The Labute approximate surface area is 152 Å². The average Bonchev–Trinajstić information content (AvgIpc) is 2.73. The smallest absolute Gasteiger partial charge is 0.193 e. The Morgan fingerprint density at radius 1 is 0.808 bits per heavy atom. The van der Waals surface area contributed by atoms with Gasteiger partial charge in [-0.15, -0.1) is 0 Å². The van der Waals surface area contributed by atoms with Crippen molar-refractivity contribution < 1.29 is 19.1 Å². The molecule has 3 rings (SSSR count). The summed E-state index contributed by atoms with van der Waals surface area (Å²) in [6.45, 7) is 0. The quantitative estimate of drug-likeness (QED) is 0.490. The van der Waals surface area contributed by atoms with Crippen LogP contribution < -0.4 is 9.47 Å². The molecule has 0 fully saturated rings. The highest BCUT2D eigenvalue weighted by Crippen LogP contribution is 2.31. The summed E-state index contributed by atoms with van der Waals surface area (Å²) >= 11 is 0. The molecule has 0 aliphatic carbocycles. The first-order valence-corrected chi connectivity index (χ1v) is 8.08. The van der Waals surface area contributed by atoms with Crippen LogP contribution in [0.2, 0.25) is 0 Å². The van der Waals surface area contributed by atoms with Crippen molar-refractivity contribution in [2.75, 3.05) is 14.2 Å². The van der Waals surface area contributed by atoms with Crippen molar-refractivity contribution in [3.05, 3.63) is 83.4 Å². The SMILES string of the molecule is COc1ccc(-c2cc(OC)ccc2C(=O)c2ccc(C=O)cc2)cc1. The normalized spacial score (nSPS) is 10.2. The summed E-state index contributed by atoms with van der Waals surface area (Å²) in [6.07, 6.45) is 0.754. The van der Waals surface area contributed by atoms with E-state index in [2.05, 4.69) is 0 Å². The van der Waals surface area contributed by atoms with Crippen LogP contribution in [0.3, 0.4) is 0 Å². The Bertz CT molecular complexity index is 925. The zero-order valence-corrected chi connectivity index (χ0v) is 14.6. The topological polar surface area (TPSA) is 52.6 Å². The van der Waals surface area contributed by atoms with E-state index in [0.29, 0.717) is 22.4 Å². The largest absolute Gasteiger partial charge is 0.497 e. The first-order chi connectivity index (χ1) is 12.7. The van der Waals surface area contributed by atoms with Crippen molar-refractivity contribution in [1.29, 1.82) is 0 Å². The van der Waals surface area contributed by atoms with Gasteiger partial charge in [-0.05, 0) is 41.5 Å². The minimum atomic E-state index is -0.115. The number of hydrogen-bond acceptors (Lipinski definition) is 4. The van der Waals surface area contributed by atoms with Crippen LogP contribution in [0, 0.1) is 0 Å². The lowest BCUT2D eigenvalue weighted by Crippen LogP contribution is -2.04. The lowest BCUT2D eigenvalue weighted by Gasteiger charge is -2.12. The van der Waals surface area contributed by atoms with E-state index >= 15 is 0 Å². The van der Waals surface area contributed by atoms with Crippen LogP contribution in [0.1, 0.15) is 26.3 Å². The second-order valence-electron chi connectivity index (χ2n) is 5.71. The number of methoxy groups -OCH3 is 2. The van der Waals surface area contributed by atoms with Gasteiger partial charge in [0.05, 0.1) is 14.2 Å². The highest BCUT2D eigenvalue weighted by molar-refractivity contribution is 6.13. The van der Waals surface area contributed by atoms with Crippen molar-refractivity contribution in [2.24, 2.45) is 0 Å². The second kappa shape index (κ2) is 7.66. The maximum Gasteiger partial charge on any atom is 0.193 e. The summed E-state index contributed by atoms with van der Waals surface area (Å²) in [6, 6.07) is 19.5. The van der Waals surface area contributed by atoms with E-state index in [1.54, 1.807) is 50.6 Å². The van der Waals surface area contributed by atoms with Gasteiger partial charge in [0.1, 0.15) is 17.8 Å². The maximum atomic E-state index is 13.0. The van der Waals surface area contributed by atoms with Crippen LogP contribution in [-0.2, 0) is 0 Å². The average molecular weight is 346 g/mol. The molecule has 0 unspecified atom stereocenters. The van der Waals surface area contributed by atoms with Gasteiger partial charge in [0.25, 0.3) is 0 Å². The molecular formula is C22H18O4. The van der Waals surface area contributed by atoms with E-state index in [9.17, 15) is 9.59 Å². The third-order valence-corrected chi connectivity index (χ3v) is 4.18. The van der Waals surface area contributed by atoms with Gasteiger partial charge in [-0.2, -0.15) is 0 Å². The van der Waals surface area contributed by atoms with Gasteiger partial charge in [-0.3, -0.25) is 9.59 Å². The maximum absolute atomic E-state index is 13.0. The van der Waals surface area contributed by atoms with Crippen LogP contribution in [0.5, 0.6) is 11.5 Å². The Morgan fingerprint density at radius 2 is 1.42 bits per heavy atom.